The quantitative estimate of drug-likeness (QED) is 0.720. The molecule has 1 aliphatic heterocycles. The molecule has 0 radical (unpaired) electrons. The van der Waals surface area contributed by atoms with Crippen LogP contribution in [0.25, 0.3) is 0 Å². The third-order valence-corrected chi connectivity index (χ3v) is 6.14. The number of amides is 2. The number of benzene rings is 1. The summed E-state index contributed by atoms with van der Waals surface area (Å²) in [6.07, 6.45) is 7.23. The Bertz CT molecular complexity index is 655. The van der Waals surface area contributed by atoms with E-state index in [4.69, 9.17) is 0 Å². The topological polar surface area (TPSA) is 70.2 Å². The third-order valence-electron chi connectivity index (χ3n) is 6.14. The Morgan fingerprint density at radius 1 is 1.15 bits per heavy atom. The van der Waals surface area contributed by atoms with Crippen molar-refractivity contribution in [1.29, 1.82) is 0 Å². The molecule has 1 saturated carbocycles. The average Bonchev–Trinajstić information content (AvgIpc) is 2.71. The number of hydrogen-bond donors (Lipinski definition) is 3. The summed E-state index contributed by atoms with van der Waals surface area (Å²) in [5.74, 6) is 0.00261. The van der Waals surface area contributed by atoms with Crippen LogP contribution in [0.2, 0.25) is 0 Å². The molecule has 1 heterocycles. The van der Waals surface area contributed by atoms with Crippen LogP contribution in [0.4, 0.5) is 0 Å². The van der Waals surface area contributed by atoms with E-state index in [0.29, 0.717) is 13.0 Å². The van der Waals surface area contributed by atoms with Gasteiger partial charge in [-0.2, -0.15) is 0 Å². The van der Waals surface area contributed by atoms with Gasteiger partial charge in [-0.25, -0.2) is 0 Å². The zero-order valence-electron chi connectivity index (χ0n) is 16.6. The highest BCUT2D eigenvalue weighted by atomic mass is 16.2. The molecule has 3 rings (SSSR count). The fourth-order valence-corrected chi connectivity index (χ4v) is 4.13. The van der Waals surface area contributed by atoms with Crippen molar-refractivity contribution < 1.29 is 9.59 Å². The maximum atomic E-state index is 12.9. The number of hydrogen-bond acceptors (Lipinski definition) is 3. The second-order valence-corrected chi connectivity index (χ2v) is 8.12. The molecule has 1 aliphatic carbocycles. The lowest BCUT2D eigenvalue weighted by Crippen LogP contribution is -2.57. The number of rotatable bonds is 6. The van der Waals surface area contributed by atoms with E-state index in [1.807, 2.05) is 19.1 Å². The molecular weight excluding hydrogens is 338 g/mol. The second kappa shape index (κ2) is 9.36. The summed E-state index contributed by atoms with van der Waals surface area (Å²) in [7, 11) is 0. The fourth-order valence-electron chi connectivity index (χ4n) is 4.13. The predicted molar refractivity (Wildman–Crippen MR) is 107 cm³/mol. The highest BCUT2D eigenvalue weighted by Crippen LogP contribution is 2.19. The molecule has 0 bridgehead atoms. The molecule has 148 valence electrons. The van der Waals surface area contributed by atoms with Crippen LogP contribution < -0.4 is 16.0 Å². The summed E-state index contributed by atoms with van der Waals surface area (Å²) in [6, 6.07) is 7.72. The number of carbonyl (C=O) groups excluding carboxylic acids is 2. The van der Waals surface area contributed by atoms with Crippen molar-refractivity contribution in [2.45, 2.75) is 83.5 Å². The molecule has 0 unspecified atom stereocenters. The summed E-state index contributed by atoms with van der Waals surface area (Å²) in [6.45, 7) is 4.79. The van der Waals surface area contributed by atoms with E-state index in [-0.39, 0.29) is 29.8 Å². The standard InChI is InChI=1S/C22H33N3O2/c1-3-15(2)20(22(27)24-18-11-5-4-6-12-18)25-21(26)19-13-16-9-7-8-10-17(16)14-23-19/h7-10,15,18-20,23H,3-6,11-14H2,1-2H3,(H,24,27)(H,25,26)/t15-,19-,20+/m0/s1. The minimum atomic E-state index is -0.469. The monoisotopic (exact) mass is 371 g/mol. The third kappa shape index (κ3) is 5.10. The van der Waals surface area contributed by atoms with Gasteiger partial charge in [-0.3, -0.25) is 9.59 Å². The molecule has 5 heteroatoms. The van der Waals surface area contributed by atoms with E-state index in [1.165, 1.54) is 30.4 Å². The van der Waals surface area contributed by atoms with Crippen molar-refractivity contribution in [3.05, 3.63) is 35.4 Å². The van der Waals surface area contributed by atoms with Crippen molar-refractivity contribution in [2.24, 2.45) is 5.92 Å². The van der Waals surface area contributed by atoms with Crippen LogP contribution in [0.15, 0.2) is 24.3 Å². The molecule has 2 amide bonds. The fraction of sp³-hybridized carbons (Fsp3) is 0.636. The highest BCUT2D eigenvalue weighted by molar-refractivity contribution is 5.90. The number of nitrogens with one attached hydrogen (secondary N) is 3. The van der Waals surface area contributed by atoms with E-state index in [0.717, 1.165) is 19.3 Å². The molecule has 27 heavy (non-hydrogen) atoms. The van der Waals surface area contributed by atoms with Crippen molar-refractivity contribution in [1.82, 2.24) is 16.0 Å². The average molecular weight is 372 g/mol. The molecule has 0 aromatic heterocycles. The first-order chi connectivity index (χ1) is 13.1. The maximum absolute atomic E-state index is 12.9. The first kappa shape index (κ1) is 19.9. The Morgan fingerprint density at radius 3 is 2.56 bits per heavy atom. The normalized spacial score (nSPS) is 22.4. The minimum Gasteiger partial charge on any atom is -0.352 e. The van der Waals surface area contributed by atoms with Crippen molar-refractivity contribution in [3.8, 4) is 0 Å². The van der Waals surface area contributed by atoms with Gasteiger partial charge in [0.2, 0.25) is 11.8 Å². The van der Waals surface area contributed by atoms with Gasteiger partial charge in [-0.15, -0.1) is 0 Å². The predicted octanol–water partition coefficient (Wildman–Crippen LogP) is 2.68. The zero-order valence-corrected chi connectivity index (χ0v) is 16.6. The molecule has 3 N–H and O–H groups in total. The Labute approximate surface area is 162 Å². The Morgan fingerprint density at radius 2 is 1.85 bits per heavy atom. The minimum absolute atomic E-state index is 0.0270. The first-order valence-electron chi connectivity index (χ1n) is 10.5. The van der Waals surface area contributed by atoms with E-state index in [1.54, 1.807) is 0 Å². The van der Waals surface area contributed by atoms with Gasteiger partial charge in [0, 0.05) is 12.6 Å². The van der Waals surface area contributed by atoms with Gasteiger partial charge >= 0.3 is 0 Å². The summed E-state index contributed by atoms with van der Waals surface area (Å²) < 4.78 is 0. The van der Waals surface area contributed by atoms with Crippen LogP contribution in [0.3, 0.4) is 0 Å². The van der Waals surface area contributed by atoms with Gasteiger partial charge in [-0.1, -0.05) is 63.8 Å². The molecule has 0 saturated heterocycles. The largest absolute Gasteiger partial charge is 0.352 e. The molecule has 2 aliphatic rings. The van der Waals surface area contributed by atoms with Crippen LogP contribution in [0, 0.1) is 5.92 Å². The van der Waals surface area contributed by atoms with Crippen LogP contribution in [-0.4, -0.2) is 29.9 Å². The van der Waals surface area contributed by atoms with Crippen molar-refractivity contribution >= 4 is 11.8 Å². The van der Waals surface area contributed by atoms with Crippen LogP contribution in [-0.2, 0) is 22.6 Å². The van der Waals surface area contributed by atoms with Crippen LogP contribution >= 0.6 is 0 Å². The van der Waals surface area contributed by atoms with Gasteiger partial charge in [0.15, 0.2) is 0 Å². The van der Waals surface area contributed by atoms with E-state index in [9.17, 15) is 9.59 Å². The van der Waals surface area contributed by atoms with Crippen molar-refractivity contribution in [3.63, 3.8) is 0 Å². The molecule has 1 aromatic rings. The summed E-state index contributed by atoms with van der Waals surface area (Å²) in [5, 5.41) is 9.54. The van der Waals surface area contributed by atoms with Gasteiger partial charge in [0.05, 0.1) is 6.04 Å². The van der Waals surface area contributed by atoms with Gasteiger partial charge in [-0.05, 0) is 36.3 Å². The summed E-state index contributed by atoms with van der Waals surface area (Å²) in [4.78, 5) is 25.8. The zero-order chi connectivity index (χ0) is 19.2. The van der Waals surface area contributed by atoms with Gasteiger partial charge in [0.1, 0.15) is 6.04 Å². The van der Waals surface area contributed by atoms with Crippen molar-refractivity contribution in [2.75, 3.05) is 0 Å². The smallest absolute Gasteiger partial charge is 0.243 e. The van der Waals surface area contributed by atoms with E-state index in [2.05, 4.69) is 35.0 Å². The van der Waals surface area contributed by atoms with E-state index >= 15 is 0 Å². The lowest BCUT2D eigenvalue weighted by atomic mass is 9.92. The first-order valence-corrected chi connectivity index (χ1v) is 10.5. The molecule has 3 atom stereocenters. The molecule has 1 aromatic carbocycles. The molecular formula is C22H33N3O2. The molecule has 5 nitrogen and oxygen atoms in total. The Kier molecular flexibility index (Phi) is 6.89. The van der Waals surface area contributed by atoms with Gasteiger partial charge < -0.3 is 16.0 Å². The highest BCUT2D eigenvalue weighted by Gasteiger charge is 2.31. The number of fused-ring (bicyclic) bond motifs is 1. The van der Waals surface area contributed by atoms with Crippen LogP contribution in [0.1, 0.15) is 63.5 Å². The molecule has 1 fully saturated rings. The van der Waals surface area contributed by atoms with Gasteiger partial charge in [0.25, 0.3) is 0 Å². The summed E-state index contributed by atoms with van der Waals surface area (Å²) >= 11 is 0. The summed E-state index contributed by atoms with van der Waals surface area (Å²) in [5.41, 5.74) is 2.46. The SMILES string of the molecule is CC[C@H](C)[C@@H](NC(=O)[C@@H]1Cc2ccccc2CN1)C(=O)NC1CCCCC1. The maximum Gasteiger partial charge on any atom is 0.243 e. The van der Waals surface area contributed by atoms with E-state index < -0.39 is 6.04 Å². The lowest BCUT2D eigenvalue weighted by Gasteiger charge is -2.31. The Balaban J connectivity index is 1.61. The molecule has 0 spiro atoms. The number of carbonyl (C=O) groups is 2. The second-order valence-electron chi connectivity index (χ2n) is 8.12. The lowest BCUT2D eigenvalue weighted by molar-refractivity contribution is -0.131. The van der Waals surface area contributed by atoms with Crippen LogP contribution in [0.5, 0.6) is 0 Å². The Hall–Kier alpha value is -1.88.